The number of nitrogens with one attached hydrogen (secondary N) is 1. The first kappa shape index (κ1) is 10.6. The van der Waals surface area contributed by atoms with Gasteiger partial charge < -0.3 is 10.1 Å². The highest BCUT2D eigenvalue weighted by molar-refractivity contribution is 7.09. The van der Waals surface area contributed by atoms with Crippen molar-refractivity contribution in [2.75, 3.05) is 0 Å². The monoisotopic (exact) mass is 234 g/mol. The molecule has 0 aliphatic heterocycles. The maximum absolute atomic E-state index is 11.1. The lowest BCUT2D eigenvalue weighted by atomic mass is 10.1. The predicted molar refractivity (Wildman–Crippen MR) is 62.2 cm³/mol. The van der Waals surface area contributed by atoms with Gasteiger partial charge in [0.15, 0.2) is 0 Å². The van der Waals surface area contributed by atoms with Crippen LogP contribution in [0.3, 0.4) is 0 Å². The molecule has 0 unspecified atom stereocenters. The zero-order valence-electron chi connectivity index (χ0n) is 8.38. The van der Waals surface area contributed by atoms with Gasteiger partial charge in [-0.1, -0.05) is 6.07 Å². The Kier molecular flexibility index (Phi) is 3.16. The zero-order valence-corrected chi connectivity index (χ0v) is 9.20. The number of hydrogen-bond acceptors (Lipinski definition) is 3. The van der Waals surface area contributed by atoms with Crippen LogP contribution in [0.5, 0.6) is 0 Å². The smallest absolute Gasteiger partial charge is 0.332 e. The van der Waals surface area contributed by atoms with E-state index in [0.29, 0.717) is 17.7 Å². The van der Waals surface area contributed by atoms with Crippen LogP contribution in [0.15, 0.2) is 35.6 Å². The van der Waals surface area contributed by atoms with E-state index >= 15 is 0 Å². The fraction of sp³-hybridized carbons (Fsp3) is 0.0909. The van der Waals surface area contributed by atoms with Crippen LogP contribution in [0.2, 0.25) is 0 Å². The first-order valence-electron chi connectivity index (χ1n) is 4.70. The zero-order chi connectivity index (χ0) is 11.4. The minimum atomic E-state index is -0.900. The molecule has 2 aromatic heterocycles. The van der Waals surface area contributed by atoms with Gasteiger partial charge in [0.1, 0.15) is 0 Å². The van der Waals surface area contributed by atoms with Crippen molar-refractivity contribution in [3.8, 4) is 0 Å². The van der Waals surface area contributed by atoms with Gasteiger partial charge >= 0.3 is 5.97 Å². The summed E-state index contributed by atoms with van der Waals surface area (Å²) < 4.78 is 0. The highest BCUT2D eigenvalue weighted by Crippen LogP contribution is 2.16. The first-order chi connectivity index (χ1) is 7.75. The van der Waals surface area contributed by atoms with Crippen molar-refractivity contribution in [2.45, 2.75) is 6.42 Å². The van der Waals surface area contributed by atoms with Crippen LogP contribution >= 0.6 is 11.3 Å². The topological polar surface area (TPSA) is 66.0 Å². The van der Waals surface area contributed by atoms with Crippen molar-refractivity contribution in [3.05, 3.63) is 46.2 Å². The van der Waals surface area contributed by atoms with E-state index in [1.807, 2.05) is 17.5 Å². The molecule has 2 heterocycles. The molecule has 0 aliphatic rings. The number of aromatic nitrogens is 2. The van der Waals surface area contributed by atoms with Crippen molar-refractivity contribution in [3.63, 3.8) is 0 Å². The second-order valence-corrected chi connectivity index (χ2v) is 4.27. The predicted octanol–water partition coefficient (Wildman–Crippen LogP) is 2.18. The Bertz CT molecular complexity index is 486. The lowest BCUT2D eigenvalue weighted by molar-refractivity contribution is -0.132. The molecule has 0 atom stereocenters. The van der Waals surface area contributed by atoms with Gasteiger partial charge in [-0.25, -0.2) is 9.78 Å². The Morgan fingerprint density at radius 2 is 2.50 bits per heavy atom. The van der Waals surface area contributed by atoms with E-state index in [0.717, 1.165) is 4.88 Å². The Morgan fingerprint density at radius 1 is 1.62 bits per heavy atom. The van der Waals surface area contributed by atoms with Crippen molar-refractivity contribution in [1.82, 2.24) is 9.97 Å². The molecule has 4 nitrogen and oxygen atoms in total. The van der Waals surface area contributed by atoms with Gasteiger partial charge in [0.2, 0.25) is 0 Å². The normalized spacial score (nSPS) is 11.6. The molecule has 0 aromatic carbocycles. The standard InChI is InChI=1S/C11H10N2O2S/c14-11(15)8(4-9-6-12-7-13-9)5-10-2-1-3-16-10/h1-4,6-7H,5H2,(H,12,13)(H,14,15). The van der Waals surface area contributed by atoms with E-state index in [1.54, 1.807) is 23.6 Å². The van der Waals surface area contributed by atoms with Crippen LogP contribution in [0.4, 0.5) is 0 Å². The molecule has 0 saturated carbocycles. The highest BCUT2D eigenvalue weighted by Gasteiger charge is 2.09. The average molecular weight is 234 g/mol. The molecule has 0 bridgehead atoms. The fourth-order valence-electron chi connectivity index (χ4n) is 1.32. The van der Waals surface area contributed by atoms with Gasteiger partial charge in [0.05, 0.1) is 18.2 Å². The van der Waals surface area contributed by atoms with Gasteiger partial charge in [-0.3, -0.25) is 0 Å². The number of aromatic amines is 1. The van der Waals surface area contributed by atoms with Crippen LogP contribution in [-0.2, 0) is 11.2 Å². The number of hydrogen-bond donors (Lipinski definition) is 2. The fourth-order valence-corrected chi connectivity index (χ4v) is 2.05. The van der Waals surface area contributed by atoms with E-state index in [-0.39, 0.29) is 0 Å². The number of carbonyl (C=O) groups is 1. The largest absolute Gasteiger partial charge is 0.478 e. The summed E-state index contributed by atoms with van der Waals surface area (Å²) in [7, 11) is 0. The minimum Gasteiger partial charge on any atom is -0.478 e. The molecule has 0 spiro atoms. The van der Waals surface area contributed by atoms with Gasteiger partial charge in [-0.2, -0.15) is 0 Å². The van der Waals surface area contributed by atoms with Crippen LogP contribution in [-0.4, -0.2) is 21.0 Å². The quantitative estimate of drug-likeness (QED) is 0.797. The number of carboxylic acids is 1. The van der Waals surface area contributed by atoms with E-state index in [2.05, 4.69) is 9.97 Å². The van der Waals surface area contributed by atoms with Crippen molar-refractivity contribution in [1.29, 1.82) is 0 Å². The lowest BCUT2D eigenvalue weighted by Gasteiger charge is -1.99. The Morgan fingerprint density at radius 3 is 3.06 bits per heavy atom. The molecule has 0 amide bonds. The summed E-state index contributed by atoms with van der Waals surface area (Å²) in [4.78, 5) is 18.8. The third kappa shape index (κ3) is 2.58. The second kappa shape index (κ2) is 4.76. The number of H-pyrrole nitrogens is 1. The molecule has 0 saturated heterocycles. The summed E-state index contributed by atoms with van der Waals surface area (Å²) in [5.74, 6) is -0.900. The minimum absolute atomic E-state index is 0.353. The molecule has 2 rings (SSSR count). The summed E-state index contributed by atoms with van der Waals surface area (Å²) >= 11 is 1.55. The number of thiophene rings is 1. The third-order valence-corrected chi connectivity index (χ3v) is 2.94. The molecular weight excluding hydrogens is 224 g/mol. The summed E-state index contributed by atoms with van der Waals surface area (Å²) in [6.07, 6.45) is 5.16. The maximum atomic E-state index is 11.1. The summed E-state index contributed by atoms with van der Waals surface area (Å²) in [6.45, 7) is 0. The lowest BCUT2D eigenvalue weighted by Crippen LogP contribution is -2.02. The van der Waals surface area contributed by atoms with E-state index in [9.17, 15) is 4.79 Å². The molecule has 5 heteroatoms. The summed E-state index contributed by atoms with van der Waals surface area (Å²) in [5, 5.41) is 11.0. The van der Waals surface area contributed by atoms with Crippen LogP contribution < -0.4 is 0 Å². The Hall–Kier alpha value is -1.88. The van der Waals surface area contributed by atoms with Crippen LogP contribution in [0, 0.1) is 0 Å². The van der Waals surface area contributed by atoms with Crippen LogP contribution in [0.25, 0.3) is 6.08 Å². The number of nitrogens with zero attached hydrogens (tertiary/aromatic N) is 1. The molecule has 82 valence electrons. The first-order valence-corrected chi connectivity index (χ1v) is 5.58. The highest BCUT2D eigenvalue weighted by atomic mass is 32.1. The van der Waals surface area contributed by atoms with Gasteiger partial charge in [-0.15, -0.1) is 11.3 Å². The number of imidazole rings is 1. The molecular formula is C11H10N2O2S. The van der Waals surface area contributed by atoms with Crippen molar-refractivity contribution >= 4 is 23.4 Å². The molecule has 0 fully saturated rings. The SMILES string of the molecule is O=C(O)C(=Cc1cnc[nH]1)Cc1cccs1. The van der Waals surface area contributed by atoms with E-state index < -0.39 is 5.97 Å². The molecule has 0 aliphatic carbocycles. The Labute approximate surface area is 96.3 Å². The molecule has 2 aromatic rings. The third-order valence-electron chi connectivity index (χ3n) is 2.07. The van der Waals surface area contributed by atoms with Crippen molar-refractivity contribution in [2.24, 2.45) is 0 Å². The molecule has 2 N–H and O–H groups in total. The second-order valence-electron chi connectivity index (χ2n) is 3.24. The Balaban J connectivity index is 2.21. The van der Waals surface area contributed by atoms with Gasteiger partial charge in [0.25, 0.3) is 0 Å². The maximum Gasteiger partial charge on any atom is 0.332 e. The summed E-state index contributed by atoms with van der Waals surface area (Å²) in [6, 6.07) is 3.84. The van der Waals surface area contributed by atoms with Gasteiger partial charge in [-0.05, 0) is 17.5 Å². The summed E-state index contributed by atoms with van der Waals surface area (Å²) in [5.41, 5.74) is 1.06. The number of carboxylic acid groups (broad SMARTS) is 1. The van der Waals surface area contributed by atoms with Crippen molar-refractivity contribution < 1.29 is 9.90 Å². The van der Waals surface area contributed by atoms with E-state index in [4.69, 9.17) is 5.11 Å². The van der Waals surface area contributed by atoms with Crippen LogP contribution in [0.1, 0.15) is 10.6 Å². The number of aliphatic carboxylic acids is 1. The average Bonchev–Trinajstić information content (AvgIpc) is 2.88. The number of rotatable bonds is 4. The molecule has 0 radical (unpaired) electrons. The van der Waals surface area contributed by atoms with E-state index in [1.165, 1.54) is 6.33 Å². The van der Waals surface area contributed by atoms with Gasteiger partial charge in [0, 0.05) is 16.9 Å². The molecule has 16 heavy (non-hydrogen) atoms.